The van der Waals surface area contributed by atoms with Gasteiger partial charge in [-0.1, -0.05) is 6.07 Å². The molecule has 0 saturated heterocycles. The highest BCUT2D eigenvalue weighted by Crippen LogP contribution is 2.33. The van der Waals surface area contributed by atoms with Crippen molar-refractivity contribution in [1.82, 2.24) is 0 Å². The van der Waals surface area contributed by atoms with E-state index in [1.165, 1.54) is 5.01 Å². The molecule has 1 heterocycles. The van der Waals surface area contributed by atoms with Crippen LogP contribution >= 0.6 is 31.9 Å². The maximum atomic E-state index is 11.2. The van der Waals surface area contributed by atoms with E-state index in [1.807, 2.05) is 25.1 Å². The first-order valence-corrected chi connectivity index (χ1v) is 6.59. The number of carboxylic acids is 1. The fraction of sp³-hybridized carbons (Fsp3) is 0.273. The zero-order chi connectivity index (χ0) is 12.6. The molecule has 6 heteroatoms. The highest BCUT2D eigenvalue weighted by molar-refractivity contribution is 9.18. The summed E-state index contributed by atoms with van der Waals surface area (Å²) in [5.41, 5.74) is 1.87. The molecule has 0 amide bonds. The number of halogens is 2. The minimum Gasteiger partial charge on any atom is -0.480 e. The molecule has 0 aliphatic carbocycles. The van der Waals surface area contributed by atoms with E-state index in [0.29, 0.717) is 11.0 Å². The minimum absolute atomic E-state index is 0.385. The number of aliphatic carboxylic acids is 1. The van der Waals surface area contributed by atoms with E-state index in [2.05, 4.69) is 37.0 Å². The molecule has 0 fully saturated rings. The third-order valence-electron chi connectivity index (χ3n) is 2.51. The molecular formula is C11H10Br2N2O2. The molecule has 1 aromatic carbocycles. The Morgan fingerprint density at radius 1 is 1.53 bits per heavy atom. The summed E-state index contributed by atoms with van der Waals surface area (Å²) in [7, 11) is 0. The number of aryl methyl sites for hydroxylation is 1. The van der Waals surface area contributed by atoms with Gasteiger partial charge in [0.15, 0.2) is 6.04 Å². The molecule has 1 aromatic rings. The van der Waals surface area contributed by atoms with Crippen molar-refractivity contribution in [3.05, 3.63) is 28.2 Å². The summed E-state index contributed by atoms with van der Waals surface area (Å²) in [5.74, 6) is -0.879. The van der Waals surface area contributed by atoms with Gasteiger partial charge in [0.05, 0.1) is 5.69 Å². The molecule has 1 aliphatic rings. The summed E-state index contributed by atoms with van der Waals surface area (Å²) in [6.07, 6.45) is 0.385. The number of hydrogen-bond acceptors (Lipinski definition) is 3. The van der Waals surface area contributed by atoms with Gasteiger partial charge in [-0.3, -0.25) is 0 Å². The molecule has 1 aliphatic heterocycles. The molecule has 90 valence electrons. The minimum atomic E-state index is -0.879. The predicted molar refractivity (Wildman–Crippen MR) is 73.8 cm³/mol. The van der Waals surface area contributed by atoms with Crippen molar-refractivity contribution >= 4 is 48.1 Å². The number of anilines is 1. The molecule has 0 saturated carbocycles. The van der Waals surface area contributed by atoms with Crippen molar-refractivity contribution in [2.45, 2.75) is 19.4 Å². The summed E-state index contributed by atoms with van der Waals surface area (Å²) in [6, 6.07) is 5.09. The normalized spacial score (nSPS) is 19.4. The van der Waals surface area contributed by atoms with E-state index in [9.17, 15) is 4.79 Å². The lowest BCUT2D eigenvalue weighted by atomic mass is 10.2. The lowest BCUT2D eigenvalue weighted by molar-refractivity contribution is -0.138. The highest BCUT2D eigenvalue weighted by atomic mass is 79.9. The molecular weight excluding hydrogens is 352 g/mol. The Morgan fingerprint density at radius 2 is 2.24 bits per heavy atom. The van der Waals surface area contributed by atoms with Gasteiger partial charge in [-0.05, 0) is 56.5 Å². The first kappa shape index (κ1) is 12.6. The zero-order valence-corrected chi connectivity index (χ0v) is 12.2. The Hall–Kier alpha value is -0.880. The maximum Gasteiger partial charge on any atom is 0.328 e. The Balaban J connectivity index is 2.41. The second kappa shape index (κ2) is 4.78. The van der Waals surface area contributed by atoms with Crippen LogP contribution in [0.2, 0.25) is 0 Å². The van der Waals surface area contributed by atoms with Gasteiger partial charge in [0.25, 0.3) is 0 Å². The number of hydrazone groups is 1. The van der Waals surface area contributed by atoms with Crippen LogP contribution in [0.5, 0.6) is 0 Å². The van der Waals surface area contributed by atoms with Crippen LogP contribution in [0.25, 0.3) is 0 Å². The number of carbonyl (C=O) groups is 1. The van der Waals surface area contributed by atoms with E-state index in [4.69, 9.17) is 5.11 Å². The van der Waals surface area contributed by atoms with Gasteiger partial charge < -0.3 is 5.11 Å². The zero-order valence-electron chi connectivity index (χ0n) is 9.02. The average Bonchev–Trinajstić information content (AvgIpc) is 2.60. The van der Waals surface area contributed by atoms with Gasteiger partial charge in [0.1, 0.15) is 4.62 Å². The number of rotatable bonds is 2. The Labute approximate surface area is 116 Å². The quantitative estimate of drug-likeness (QED) is 0.880. The molecule has 0 spiro atoms. The maximum absolute atomic E-state index is 11.2. The standard InChI is InChI=1S/C11H10Br2N2O2/c1-6-2-3-8(7(12)4-6)15-9(11(16)17)5-10(13)14-15/h2-4,9H,5H2,1H3,(H,16,17)/t9-/m1/s1. The van der Waals surface area contributed by atoms with E-state index in [1.54, 1.807) is 0 Å². The van der Waals surface area contributed by atoms with Crippen molar-refractivity contribution in [3.8, 4) is 0 Å². The lowest BCUT2D eigenvalue weighted by Crippen LogP contribution is -2.34. The number of hydrogen-bond donors (Lipinski definition) is 1. The van der Waals surface area contributed by atoms with Crippen LogP contribution in [0.3, 0.4) is 0 Å². The van der Waals surface area contributed by atoms with Crippen molar-refractivity contribution in [2.75, 3.05) is 5.01 Å². The summed E-state index contributed by atoms with van der Waals surface area (Å²) >= 11 is 6.69. The molecule has 0 bridgehead atoms. The molecule has 2 rings (SSSR count). The summed E-state index contributed by atoms with van der Waals surface area (Å²) in [6.45, 7) is 1.98. The van der Waals surface area contributed by atoms with Crippen LogP contribution in [-0.4, -0.2) is 21.7 Å². The molecule has 4 nitrogen and oxygen atoms in total. The molecule has 0 unspecified atom stereocenters. The molecule has 0 aromatic heterocycles. The molecule has 1 N–H and O–H groups in total. The van der Waals surface area contributed by atoms with Gasteiger partial charge in [-0.25, -0.2) is 9.80 Å². The Morgan fingerprint density at radius 3 is 2.82 bits per heavy atom. The first-order valence-electron chi connectivity index (χ1n) is 5.00. The Bertz CT molecular complexity index is 502. The van der Waals surface area contributed by atoms with Crippen LogP contribution in [0.15, 0.2) is 27.8 Å². The van der Waals surface area contributed by atoms with Crippen LogP contribution in [0.4, 0.5) is 5.69 Å². The topological polar surface area (TPSA) is 52.9 Å². The monoisotopic (exact) mass is 360 g/mol. The van der Waals surface area contributed by atoms with E-state index < -0.39 is 12.0 Å². The molecule has 17 heavy (non-hydrogen) atoms. The lowest BCUT2D eigenvalue weighted by Gasteiger charge is -2.21. The fourth-order valence-electron chi connectivity index (χ4n) is 1.68. The van der Waals surface area contributed by atoms with Gasteiger partial charge in [-0.15, -0.1) is 0 Å². The average molecular weight is 362 g/mol. The van der Waals surface area contributed by atoms with Crippen LogP contribution < -0.4 is 5.01 Å². The van der Waals surface area contributed by atoms with Crippen LogP contribution in [0, 0.1) is 6.92 Å². The van der Waals surface area contributed by atoms with E-state index in [-0.39, 0.29) is 0 Å². The molecule has 1 atom stereocenters. The van der Waals surface area contributed by atoms with Crippen molar-refractivity contribution in [3.63, 3.8) is 0 Å². The van der Waals surface area contributed by atoms with Crippen molar-refractivity contribution in [1.29, 1.82) is 0 Å². The number of nitrogens with zero attached hydrogens (tertiary/aromatic N) is 2. The van der Waals surface area contributed by atoms with Crippen LogP contribution in [0.1, 0.15) is 12.0 Å². The summed E-state index contributed by atoms with van der Waals surface area (Å²) < 4.78 is 1.49. The van der Waals surface area contributed by atoms with Crippen molar-refractivity contribution < 1.29 is 9.90 Å². The summed E-state index contributed by atoms with van der Waals surface area (Å²) in [5, 5.41) is 14.9. The third-order valence-corrected chi connectivity index (χ3v) is 3.63. The van der Waals surface area contributed by atoms with E-state index in [0.717, 1.165) is 15.7 Å². The third kappa shape index (κ3) is 2.52. The van der Waals surface area contributed by atoms with Gasteiger partial charge >= 0.3 is 5.97 Å². The van der Waals surface area contributed by atoms with Gasteiger partial charge in [0, 0.05) is 10.9 Å². The van der Waals surface area contributed by atoms with E-state index >= 15 is 0 Å². The predicted octanol–water partition coefficient (Wildman–Crippen LogP) is 3.13. The molecule has 0 radical (unpaired) electrons. The smallest absolute Gasteiger partial charge is 0.328 e. The second-order valence-corrected chi connectivity index (χ2v) is 5.60. The summed E-state index contributed by atoms with van der Waals surface area (Å²) in [4.78, 5) is 11.2. The highest BCUT2D eigenvalue weighted by Gasteiger charge is 2.33. The van der Waals surface area contributed by atoms with Crippen molar-refractivity contribution in [2.24, 2.45) is 5.10 Å². The number of carboxylic acid groups (broad SMARTS) is 1. The van der Waals surface area contributed by atoms with Gasteiger partial charge in [0.2, 0.25) is 0 Å². The fourth-order valence-corrected chi connectivity index (χ4v) is 2.84. The van der Waals surface area contributed by atoms with Crippen LogP contribution in [-0.2, 0) is 4.79 Å². The number of benzene rings is 1. The first-order chi connectivity index (χ1) is 7.99. The largest absolute Gasteiger partial charge is 0.480 e. The second-order valence-electron chi connectivity index (χ2n) is 3.83. The van der Waals surface area contributed by atoms with Gasteiger partial charge in [-0.2, -0.15) is 5.10 Å². The SMILES string of the molecule is Cc1ccc(N2N=C(Br)C[C@@H]2C(=O)O)c(Br)c1. The Kier molecular flexibility index (Phi) is 3.53.